The molecule has 1 saturated carbocycles. The van der Waals surface area contributed by atoms with E-state index in [1.165, 1.54) is 25.5 Å². The zero-order valence-corrected chi connectivity index (χ0v) is 11.9. The summed E-state index contributed by atoms with van der Waals surface area (Å²) in [6.45, 7) is 2.93. The predicted octanol–water partition coefficient (Wildman–Crippen LogP) is 0.475. The van der Waals surface area contributed by atoms with E-state index in [0.29, 0.717) is 24.5 Å². The van der Waals surface area contributed by atoms with Gasteiger partial charge in [0, 0.05) is 32.3 Å². The first kappa shape index (κ1) is 14.2. The van der Waals surface area contributed by atoms with Crippen molar-refractivity contribution >= 4 is 10.0 Å². The third-order valence-electron chi connectivity index (χ3n) is 4.28. The summed E-state index contributed by atoms with van der Waals surface area (Å²) in [4.78, 5) is 0. The van der Waals surface area contributed by atoms with Crippen LogP contribution in [-0.4, -0.2) is 47.0 Å². The molecule has 0 amide bonds. The molecule has 5 nitrogen and oxygen atoms in total. The van der Waals surface area contributed by atoms with Gasteiger partial charge in [0.2, 0.25) is 10.0 Å². The molecule has 0 aromatic heterocycles. The van der Waals surface area contributed by atoms with Crippen molar-refractivity contribution in [2.45, 2.75) is 38.1 Å². The molecule has 0 bridgehead atoms. The molecule has 1 aliphatic heterocycles. The fourth-order valence-electron chi connectivity index (χ4n) is 3.32. The van der Waals surface area contributed by atoms with Crippen LogP contribution in [0.1, 0.15) is 32.1 Å². The minimum Gasteiger partial charge on any atom is -0.381 e. The second-order valence-electron chi connectivity index (χ2n) is 5.54. The Kier molecular flexibility index (Phi) is 4.64. The minimum atomic E-state index is -3.06. The Morgan fingerprint density at radius 1 is 1.22 bits per heavy atom. The van der Waals surface area contributed by atoms with Crippen LogP contribution in [0.3, 0.4) is 0 Å². The highest BCUT2D eigenvalue weighted by Crippen LogP contribution is 2.45. The van der Waals surface area contributed by atoms with E-state index in [4.69, 9.17) is 4.74 Å². The molecular formula is C12H24N2O3S. The van der Waals surface area contributed by atoms with Gasteiger partial charge in [-0.3, -0.25) is 0 Å². The summed E-state index contributed by atoms with van der Waals surface area (Å²) >= 11 is 0. The van der Waals surface area contributed by atoms with Gasteiger partial charge < -0.3 is 10.1 Å². The van der Waals surface area contributed by atoms with Crippen LogP contribution in [0.2, 0.25) is 0 Å². The molecule has 2 rings (SSSR count). The molecule has 2 fully saturated rings. The van der Waals surface area contributed by atoms with Crippen molar-refractivity contribution < 1.29 is 13.2 Å². The minimum absolute atomic E-state index is 0.406. The zero-order valence-electron chi connectivity index (χ0n) is 11.1. The number of rotatable bonds is 5. The van der Waals surface area contributed by atoms with Crippen molar-refractivity contribution in [2.24, 2.45) is 5.41 Å². The Morgan fingerprint density at radius 2 is 1.94 bits per heavy atom. The summed E-state index contributed by atoms with van der Waals surface area (Å²) in [5, 5.41) is 3.53. The Balaban J connectivity index is 1.78. The Morgan fingerprint density at radius 3 is 2.61 bits per heavy atom. The molecule has 0 radical (unpaired) electrons. The molecule has 1 atom stereocenters. The van der Waals surface area contributed by atoms with Crippen LogP contribution in [0.5, 0.6) is 0 Å². The summed E-state index contributed by atoms with van der Waals surface area (Å²) in [6.07, 6.45) is 7.25. The average molecular weight is 276 g/mol. The van der Waals surface area contributed by atoms with Gasteiger partial charge in [0.05, 0.1) is 6.26 Å². The molecule has 18 heavy (non-hydrogen) atoms. The van der Waals surface area contributed by atoms with Crippen molar-refractivity contribution in [2.75, 3.05) is 32.6 Å². The second kappa shape index (κ2) is 5.86. The van der Waals surface area contributed by atoms with Crippen molar-refractivity contribution in [3.8, 4) is 0 Å². The van der Waals surface area contributed by atoms with Gasteiger partial charge in [-0.25, -0.2) is 13.1 Å². The van der Waals surface area contributed by atoms with Crippen LogP contribution in [0.4, 0.5) is 0 Å². The lowest BCUT2D eigenvalue weighted by molar-refractivity contribution is 0.00463. The van der Waals surface area contributed by atoms with Gasteiger partial charge in [-0.1, -0.05) is 6.42 Å². The number of ether oxygens (including phenoxy) is 1. The predicted molar refractivity (Wildman–Crippen MR) is 71.0 cm³/mol. The summed E-state index contributed by atoms with van der Waals surface area (Å²) < 4.78 is 29.9. The van der Waals surface area contributed by atoms with E-state index in [-0.39, 0.29) is 0 Å². The van der Waals surface area contributed by atoms with Crippen LogP contribution in [0.25, 0.3) is 0 Å². The van der Waals surface area contributed by atoms with E-state index in [2.05, 4.69) is 10.0 Å². The maximum Gasteiger partial charge on any atom is 0.208 e. The first-order valence-electron chi connectivity index (χ1n) is 6.78. The summed E-state index contributed by atoms with van der Waals surface area (Å²) in [5.41, 5.74) is 0.406. The van der Waals surface area contributed by atoms with E-state index in [9.17, 15) is 8.42 Å². The fourth-order valence-corrected chi connectivity index (χ4v) is 3.79. The van der Waals surface area contributed by atoms with E-state index < -0.39 is 10.0 Å². The van der Waals surface area contributed by atoms with E-state index >= 15 is 0 Å². The Hall–Kier alpha value is -0.170. The van der Waals surface area contributed by atoms with Gasteiger partial charge in [-0.2, -0.15) is 0 Å². The largest absolute Gasteiger partial charge is 0.381 e. The van der Waals surface area contributed by atoms with Gasteiger partial charge in [0.25, 0.3) is 0 Å². The lowest BCUT2D eigenvalue weighted by atomic mass is 9.75. The zero-order chi connectivity index (χ0) is 13.1. The molecular weight excluding hydrogens is 252 g/mol. The summed E-state index contributed by atoms with van der Waals surface area (Å²) in [5.74, 6) is 0. The highest BCUT2D eigenvalue weighted by molar-refractivity contribution is 7.88. The number of hydrogen-bond acceptors (Lipinski definition) is 4. The topological polar surface area (TPSA) is 67.4 Å². The van der Waals surface area contributed by atoms with Crippen LogP contribution < -0.4 is 10.0 Å². The van der Waals surface area contributed by atoms with Crippen molar-refractivity contribution in [3.63, 3.8) is 0 Å². The van der Waals surface area contributed by atoms with Gasteiger partial charge in [-0.05, 0) is 31.1 Å². The first-order chi connectivity index (χ1) is 8.52. The third-order valence-corrected chi connectivity index (χ3v) is 5.00. The van der Waals surface area contributed by atoms with Crippen LogP contribution in [-0.2, 0) is 14.8 Å². The normalized spacial score (nSPS) is 27.7. The van der Waals surface area contributed by atoms with E-state index in [1.54, 1.807) is 0 Å². The second-order valence-corrected chi connectivity index (χ2v) is 7.37. The molecule has 0 aromatic carbocycles. The molecule has 2 aliphatic rings. The molecule has 106 valence electrons. The quantitative estimate of drug-likeness (QED) is 0.717. The van der Waals surface area contributed by atoms with E-state index in [1.807, 2.05) is 0 Å². The van der Waals surface area contributed by atoms with Gasteiger partial charge in [-0.15, -0.1) is 0 Å². The van der Waals surface area contributed by atoms with E-state index in [0.717, 1.165) is 26.1 Å². The molecule has 1 spiro atoms. The maximum atomic E-state index is 11.0. The SMILES string of the molecule is CS(=O)(=O)NCCNC1CCCC12CCOCC2. The standard InChI is InChI=1S/C12H24N2O3S/c1-18(15,16)14-8-7-13-11-3-2-4-12(11)5-9-17-10-6-12/h11,13-14H,2-10H2,1H3. The van der Waals surface area contributed by atoms with Crippen LogP contribution >= 0.6 is 0 Å². The highest BCUT2D eigenvalue weighted by atomic mass is 32.2. The number of nitrogens with one attached hydrogen (secondary N) is 2. The van der Waals surface area contributed by atoms with Crippen molar-refractivity contribution in [3.05, 3.63) is 0 Å². The van der Waals surface area contributed by atoms with Crippen LogP contribution in [0, 0.1) is 5.41 Å². The lowest BCUT2D eigenvalue weighted by Crippen LogP contribution is -2.46. The third kappa shape index (κ3) is 3.66. The monoisotopic (exact) mass is 276 g/mol. The Bertz CT molecular complexity index is 364. The molecule has 1 saturated heterocycles. The van der Waals surface area contributed by atoms with Crippen LogP contribution in [0.15, 0.2) is 0 Å². The van der Waals surface area contributed by atoms with Crippen molar-refractivity contribution in [1.82, 2.24) is 10.0 Å². The van der Waals surface area contributed by atoms with Gasteiger partial charge in [0.1, 0.15) is 0 Å². The van der Waals surface area contributed by atoms with Crippen molar-refractivity contribution in [1.29, 1.82) is 0 Å². The first-order valence-corrected chi connectivity index (χ1v) is 8.67. The average Bonchev–Trinajstić information content (AvgIpc) is 2.67. The molecule has 0 aromatic rings. The molecule has 1 aliphatic carbocycles. The molecule has 1 unspecified atom stereocenters. The lowest BCUT2D eigenvalue weighted by Gasteiger charge is -2.39. The molecule has 1 heterocycles. The number of hydrogen-bond donors (Lipinski definition) is 2. The Labute approximate surface area is 110 Å². The highest BCUT2D eigenvalue weighted by Gasteiger charge is 2.43. The summed E-state index contributed by atoms with van der Waals surface area (Å²) in [6, 6.07) is 0.530. The molecule has 2 N–H and O–H groups in total. The number of sulfonamides is 1. The maximum absolute atomic E-state index is 11.0. The summed E-state index contributed by atoms with van der Waals surface area (Å²) in [7, 11) is -3.06. The fraction of sp³-hybridized carbons (Fsp3) is 1.00. The smallest absolute Gasteiger partial charge is 0.208 e. The molecule has 6 heteroatoms. The van der Waals surface area contributed by atoms with Gasteiger partial charge in [0.15, 0.2) is 0 Å². The van der Waals surface area contributed by atoms with Gasteiger partial charge >= 0.3 is 0 Å².